The third-order valence-electron chi connectivity index (χ3n) is 5.81. The lowest BCUT2D eigenvalue weighted by atomic mass is 9.96. The number of hydrogen-bond acceptors (Lipinski definition) is 7. The number of rotatable bonds is 5. The molecule has 2 aliphatic heterocycles. The largest absolute Gasteiger partial charge is 0.339 e. The number of imidazole rings is 1. The molecule has 0 unspecified atom stereocenters. The van der Waals surface area contributed by atoms with Gasteiger partial charge in [0.15, 0.2) is 5.03 Å². The third kappa shape index (κ3) is 4.17. The molecule has 0 radical (unpaired) electrons. The van der Waals surface area contributed by atoms with E-state index in [1.54, 1.807) is 29.2 Å². The Morgan fingerprint density at radius 2 is 1.70 bits per heavy atom. The Morgan fingerprint density at radius 1 is 1.03 bits per heavy atom. The molecular weight excluding hydrogens is 406 g/mol. The summed E-state index contributed by atoms with van der Waals surface area (Å²) in [6.07, 6.45) is 7.59. The third-order valence-corrected chi connectivity index (χ3v) is 7.59. The summed E-state index contributed by atoms with van der Waals surface area (Å²) in [4.78, 5) is 29.5. The molecule has 0 aromatic carbocycles. The van der Waals surface area contributed by atoms with Crippen LogP contribution in [0.15, 0.2) is 36.0 Å². The number of aryl methyl sites for hydroxylation is 1. The lowest BCUT2D eigenvalue weighted by Crippen LogP contribution is -2.52. The number of carbonyl (C=O) groups excluding carboxylic acids is 1. The van der Waals surface area contributed by atoms with Gasteiger partial charge in [0.05, 0.1) is 6.33 Å². The number of aromatic nitrogens is 4. The zero-order valence-corrected chi connectivity index (χ0v) is 17.9. The highest BCUT2D eigenvalue weighted by Gasteiger charge is 2.35. The predicted octanol–water partition coefficient (Wildman–Crippen LogP) is 0.443. The van der Waals surface area contributed by atoms with Crippen molar-refractivity contribution in [3.8, 4) is 0 Å². The van der Waals surface area contributed by atoms with Gasteiger partial charge < -0.3 is 14.4 Å². The zero-order valence-electron chi connectivity index (χ0n) is 17.1. The standard InChI is InChI=1S/C19H27N7O3S/c1-2-23-14-17(22-15-23)30(28,29)26-8-4-16(5-9-26)18(27)24-10-12-25(13-11-24)19-20-6-3-7-21-19/h3,6-7,14-16H,2,4-5,8-13H2,1H3. The summed E-state index contributed by atoms with van der Waals surface area (Å²) in [6, 6.07) is 1.78. The van der Waals surface area contributed by atoms with Crippen molar-refractivity contribution in [2.24, 2.45) is 5.92 Å². The molecule has 0 spiro atoms. The van der Waals surface area contributed by atoms with E-state index < -0.39 is 10.0 Å². The van der Waals surface area contributed by atoms with Crippen LogP contribution in [-0.4, -0.2) is 82.3 Å². The Kier molecular flexibility index (Phi) is 6.00. The van der Waals surface area contributed by atoms with Gasteiger partial charge >= 0.3 is 0 Å². The summed E-state index contributed by atoms with van der Waals surface area (Å²) in [5, 5.41) is 0.0772. The van der Waals surface area contributed by atoms with Crippen LogP contribution in [0.5, 0.6) is 0 Å². The van der Waals surface area contributed by atoms with Crippen LogP contribution in [-0.2, 0) is 21.4 Å². The molecule has 4 rings (SSSR count). The van der Waals surface area contributed by atoms with Gasteiger partial charge in [0, 0.05) is 70.3 Å². The number of anilines is 1. The van der Waals surface area contributed by atoms with Crippen LogP contribution >= 0.6 is 0 Å². The summed E-state index contributed by atoms with van der Waals surface area (Å²) in [6.45, 7) is 5.94. The van der Waals surface area contributed by atoms with Gasteiger partial charge in [0.2, 0.25) is 11.9 Å². The van der Waals surface area contributed by atoms with Crippen molar-refractivity contribution >= 4 is 21.9 Å². The lowest BCUT2D eigenvalue weighted by Gasteiger charge is -2.38. The van der Waals surface area contributed by atoms with Gasteiger partial charge in [-0.2, -0.15) is 4.31 Å². The highest BCUT2D eigenvalue weighted by molar-refractivity contribution is 7.89. The molecule has 2 aromatic heterocycles. The minimum Gasteiger partial charge on any atom is -0.339 e. The molecule has 4 heterocycles. The Hall–Kier alpha value is -2.53. The first-order valence-corrected chi connectivity index (χ1v) is 11.8. The molecule has 30 heavy (non-hydrogen) atoms. The number of sulfonamides is 1. The number of amides is 1. The van der Waals surface area contributed by atoms with E-state index in [-0.39, 0.29) is 16.9 Å². The van der Waals surface area contributed by atoms with Crippen LogP contribution in [0.4, 0.5) is 5.95 Å². The Morgan fingerprint density at radius 3 is 2.30 bits per heavy atom. The lowest BCUT2D eigenvalue weighted by molar-refractivity contribution is -0.137. The van der Waals surface area contributed by atoms with Gasteiger partial charge in [-0.25, -0.2) is 23.4 Å². The molecule has 2 aliphatic rings. The molecule has 0 N–H and O–H groups in total. The second-order valence-corrected chi connectivity index (χ2v) is 9.47. The summed E-state index contributed by atoms with van der Waals surface area (Å²) >= 11 is 0. The number of carbonyl (C=O) groups is 1. The molecule has 2 saturated heterocycles. The maximum Gasteiger partial charge on any atom is 0.262 e. The molecule has 11 heteroatoms. The maximum absolute atomic E-state index is 13.0. The minimum absolute atomic E-state index is 0.0772. The second kappa shape index (κ2) is 8.68. The fraction of sp³-hybridized carbons (Fsp3) is 0.579. The first kappa shape index (κ1) is 20.7. The van der Waals surface area contributed by atoms with Gasteiger partial charge in [-0.15, -0.1) is 0 Å². The van der Waals surface area contributed by atoms with Crippen molar-refractivity contribution in [2.45, 2.75) is 31.3 Å². The van der Waals surface area contributed by atoms with Gasteiger partial charge in [0.25, 0.3) is 10.0 Å². The van der Waals surface area contributed by atoms with E-state index >= 15 is 0 Å². The van der Waals surface area contributed by atoms with Crippen molar-refractivity contribution in [1.82, 2.24) is 28.7 Å². The van der Waals surface area contributed by atoms with E-state index in [0.29, 0.717) is 64.6 Å². The molecule has 0 saturated carbocycles. The monoisotopic (exact) mass is 433 g/mol. The molecule has 0 atom stereocenters. The zero-order chi connectivity index (χ0) is 21.1. The number of piperidine rings is 1. The number of hydrogen-bond donors (Lipinski definition) is 0. The predicted molar refractivity (Wildman–Crippen MR) is 110 cm³/mol. The van der Waals surface area contributed by atoms with Crippen LogP contribution in [0, 0.1) is 5.92 Å². The van der Waals surface area contributed by atoms with E-state index in [1.807, 2.05) is 11.8 Å². The van der Waals surface area contributed by atoms with Crippen molar-refractivity contribution in [3.63, 3.8) is 0 Å². The fourth-order valence-electron chi connectivity index (χ4n) is 3.96. The number of piperazine rings is 1. The van der Waals surface area contributed by atoms with E-state index in [0.717, 1.165) is 0 Å². The summed E-state index contributed by atoms with van der Waals surface area (Å²) < 4.78 is 28.8. The van der Waals surface area contributed by atoms with Crippen molar-refractivity contribution in [2.75, 3.05) is 44.2 Å². The molecular formula is C19H27N7O3S. The first-order chi connectivity index (χ1) is 14.5. The van der Waals surface area contributed by atoms with Crippen LogP contribution in [0.2, 0.25) is 0 Å². The average molecular weight is 434 g/mol. The molecule has 1 amide bonds. The van der Waals surface area contributed by atoms with Crippen molar-refractivity contribution in [1.29, 1.82) is 0 Å². The SMILES string of the molecule is CCn1cnc(S(=O)(=O)N2CCC(C(=O)N3CCN(c4ncccn4)CC3)CC2)c1. The van der Waals surface area contributed by atoms with E-state index in [9.17, 15) is 13.2 Å². The van der Waals surface area contributed by atoms with Crippen molar-refractivity contribution < 1.29 is 13.2 Å². The fourth-order valence-corrected chi connectivity index (χ4v) is 5.37. The van der Waals surface area contributed by atoms with E-state index in [1.165, 1.54) is 10.6 Å². The minimum atomic E-state index is -3.61. The topological polar surface area (TPSA) is 105 Å². The molecule has 10 nitrogen and oxygen atoms in total. The molecule has 2 aromatic rings. The van der Waals surface area contributed by atoms with E-state index in [4.69, 9.17) is 0 Å². The molecule has 0 aliphatic carbocycles. The van der Waals surface area contributed by atoms with Crippen LogP contribution in [0.3, 0.4) is 0 Å². The first-order valence-electron chi connectivity index (χ1n) is 10.3. The summed E-state index contributed by atoms with van der Waals surface area (Å²) in [5.74, 6) is 0.675. The highest BCUT2D eigenvalue weighted by atomic mass is 32.2. The summed E-state index contributed by atoms with van der Waals surface area (Å²) in [5.41, 5.74) is 0. The van der Waals surface area contributed by atoms with Crippen LogP contribution in [0.25, 0.3) is 0 Å². The normalized spacial score (nSPS) is 19.2. The maximum atomic E-state index is 13.0. The molecule has 0 bridgehead atoms. The quantitative estimate of drug-likeness (QED) is 0.674. The van der Waals surface area contributed by atoms with Crippen LogP contribution < -0.4 is 4.90 Å². The van der Waals surface area contributed by atoms with Gasteiger partial charge in [0.1, 0.15) is 0 Å². The molecule has 162 valence electrons. The highest BCUT2D eigenvalue weighted by Crippen LogP contribution is 2.25. The van der Waals surface area contributed by atoms with Crippen molar-refractivity contribution in [3.05, 3.63) is 31.0 Å². The van der Waals surface area contributed by atoms with Gasteiger partial charge in [-0.1, -0.05) is 0 Å². The Labute approximate surface area is 176 Å². The van der Waals surface area contributed by atoms with Gasteiger partial charge in [-0.3, -0.25) is 4.79 Å². The number of nitrogens with zero attached hydrogens (tertiary/aromatic N) is 7. The Bertz CT molecular complexity index is 963. The smallest absolute Gasteiger partial charge is 0.262 e. The summed E-state index contributed by atoms with van der Waals surface area (Å²) in [7, 11) is -3.61. The average Bonchev–Trinajstić information content (AvgIpc) is 3.30. The van der Waals surface area contributed by atoms with Crippen LogP contribution in [0.1, 0.15) is 19.8 Å². The Balaban J connectivity index is 1.30. The second-order valence-electron chi connectivity index (χ2n) is 7.58. The van der Waals surface area contributed by atoms with E-state index in [2.05, 4.69) is 19.9 Å². The molecule has 2 fully saturated rings. The van der Waals surface area contributed by atoms with Gasteiger partial charge in [-0.05, 0) is 25.8 Å².